The lowest BCUT2D eigenvalue weighted by molar-refractivity contribution is -0.255. The van der Waals surface area contributed by atoms with E-state index in [1.807, 2.05) is 0 Å². The van der Waals surface area contributed by atoms with Crippen molar-refractivity contribution in [2.75, 3.05) is 20.2 Å². The molecule has 1 unspecified atom stereocenters. The van der Waals surface area contributed by atoms with E-state index in [1.54, 1.807) is 26.0 Å². The van der Waals surface area contributed by atoms with Crippen LogP contribution in [0.25, 0.3) is 6.08 Å². The van der Waals surface area contributed by atoms with Crippen LogP contribution in [-0.4, -0.2) is 36.4 Å². The van der Waals surface area contributed by atoms with E-state index in [9.17, 15) is 18.3 Å². The van der Waals surface area contributed by atoms with E-state index in [2.05, 4.69) is 0 Å². The number of benzene rings is 1. The smallest absolute Gasteiger partial charge is 0.427 e. The second kappa shape index (κ2) is 5.26. The van der Waals surface area contributed by atoms with Crippen molar-refractivity contribution in [1.82, 2.24) is 4.90 Å². The fourth-order valence-electron chi connectivity index (χ4n) is 2.78. The van der Waals surface area contributed by atoms with Crippen molar-refractivity contribution in [3.63, 3.8) is 0 Å². The number of rotatable bonds is 4. The maximum absolute atomic E-state index is 13.7. The highest BCUT2D eigenvalue weighted by Crippen LogP contribution is 2.54. The molecule has 1 atom stereocenters. The Morgan fingerprint density at radius 1 is 1.24 bits per heavy atom. The first kappa shape index (κ1) is 15.7. The van der Waals surface area contributed by atoms with Gasteiger partial charge in [0.05, 0.1) is 12.8 Å². The average Bonchev–Trinajstić information content (AvgIpc) is 2.75. The first-order valence-corrected chi connectivity index (χ1v) is 6.74. The number of ether oxygens (including phenoxy) is 1. The summed E-state index contributed by atoms with van der Waals surface area (Å²) >= 11 is 0. The Labute approximate surface area is 121 Å². The molecule has 2 rings (SSSR count). The van der Waals surface area contributed by atoms with Crippen LogP contribution in [0, 0.1) is 0 Å². The van der Waals surface area contributed by atoms with Crippen LogP contribution in [0.2, 0.25) is 0 Å². The van der Waals surface area contributed by atoms with Crippen LogP contribution in [0.3, 0.4) is 0 Å². The molecule has 3 nitrogen and oxygen atoms in total. The lowest BCUT2D eigenvalue weighted by atomic mass is 9.91. The topological polar surface area (TPSA) is 32.7 Å². The van der Waals surface area contributed by atoms with E-state index >= 15 is 0 Å². The highest BCUT2D eigenvalue weighted by molar-refractivity contribution is 5.71. The van der Waals surface area contributed by atoms with Gasteiger partial charge in [0.15, 0.2) is 0 Å². The predicted octanol–water partition coefficient (Wildman–Crippen LogP) is 3.14. The molecule has 21 heavy (non-hydrogen) atoms. The van der Waals surface area contributed by atoms with E-state index in [4.69, 9.17) is 4.74 Å². The molecule has 0 spiro atoms. The van der Waals surface area contributed by atoms with Crippen LogP contribution in [0.15, 0.2) is 23.9 Å². The molecule has 0 amide bonds. The molecule has 0 aromatic heterocycles. The first-order valence-electron chi connectivity index (χ1n) is 6.74. The van der Waals surface area contributed by atoms with Gasteiger partial charge in [-0.3, -0.25) is 0 Å². The van der Waals surface area contributed by atoms with Crippen LogP contribution < -0.4 is 4.74 Å². The maximum atomic E-state index is 13.7. The van der Waals surface area contributed by atoms with Gasteiger partial charge in [-0.2, -0.15) is 13.2 Å². The Balaban J connectivity index is 2.71. The minimum Gasteiger partial charge on any atom is -0.496 e. The maximum Gasteiger partial charge on any atom is 0.427 e. The second-order valence-corrected chi connectivity index (χ2v) is 4.83. The molecular weight excluding hydrogens is 283 g/mol. The van der Waals surface area contributed by atoms with Gasteiger partial charge in [-0.05, 0) is 31.6 Å². The van der Waals surface area contributed by atoms with Crippen molar-refractivity contribution in [2.24, 2.45) is 0 Å². The van der Waals surface area contributed by atoms with Gasteiger partial charge >= 0.3 is 6.18 Å². The van der Waals surface area contributed by atoms with Gasteiger partial charge in [0, 0.05) is 18.7 Å². The molecular formula is C15H18F3NO2. The molecule has 0 saturated heterocycles. The van der Waals surface area contributed by atoms with Gasteiger partial charge in [-0.1, -0.05) is 12.1 Å². The van der Waals surface area contributed by atoms with E-state index in [0.29, 0.717) is 18.7 Å². The van der Waals surface area contributed by atoms with Crippen molar-refractivity contribution in [1.29, 1.82) is 0 Å². The molecule has 0 bridgehead atoms. The number of fused-ring (bicyclic) bond motifs is 1. The minimum atomic E-state index is -4.83. The zero-order valence-electron chi connectivity index (χ0n) is 12.2. The molecule has 0 radical (unpaired) electrons. The number of aliphatic hydroxyl groups is 1. The first-order chi connectivity index (χ1) is 9.81. The summed E-state index contributed by atoms with van der Waals surface area (Å²) in [7, 11) is 1.29. The standard InChI is InChI=1S/C15H18F3NO2/c1-4-19(5-2)12-9-10-7-6-8-11(21-3)13(10)14(12,20)15(16,17)18/h6-9,20H,4-5H2,1-3H3. The quantitative estimate of drug-likeness (QED) is 0.927. The van der Waals surface area contributed by atoms with E-state index in [-0.39, 0.29) is 17.0 Å². The summed E-state index contributed by atoms with van der Waals surface area (Å²) in [6.07, 6.45) is -3.44. The third-order valence-electron chi connectivity index (χ3n) is 3.82. The molecule has 1 aromatic rings. The van der Waals surface area contributed by atoms with Gasteiger partial charge < -0.3 is 14.7 Å². The van der Waals surface area contributed by atoms with Gasteiger partial charge in [0.1, 0.15) is 5.75 Å². The molecule has 1 aliphatic carbocycles. The summed E-state index contributed by atoms with van der Waals surface area (Å²) in [4.78, 5) is 1.51. The number of likely N-dealkylation sites (N-methyl/N-ethyl adjacent to an activating group) is 1. The summed E-state index contributed by atoms with van der Waals surface area (Å²) in [5, 5.41) is 10.6. The fraction of sp³-hybridized carbons (Fsp3) is 0.467. The van der Waals surface area contributed by atoms with Gasteiger partial charge in [-0.15, -0.1) is 0 Å². The monoisotopic (exact) mass is 301 g/mol. The normalized spacial score (nSPS) is 21.0. The van der Waals surface area contributed by atoms with Crippen LogP contribution >= 0.6 is 0 Å². The number of halogens is 3. The van der Waals surface area contributed by atoms with Gasteiger partial charge in [-0.25, -0.2) is 0 Å². The van der Waals surface area contributed by atoms with Crippen molar-refractivity contribution in [3.8, 4) is 5.75 Å². The molecule has 116 valence electrons. The Morgan fingerprint density at radius 2 is 1.86 bits per heavy atom. The molecule has 0 heterocycles. The van der Waals surface area contributed by atoms with Crippen molar-refractivity contribution in [2.45, 2.75) is 25.6 Å². The third kappa shape index (κ3) is 2.18. The van der Waals surface area contributed by atoms with E-state index < -0.39 is 11.8 Å². The fourth-order valence-corrected chi connectivity index (χ4v) is 2.78. The van der Waals surface area contributed by atoms with Crippen molar-refractivity contribution in [3.05, 3.63) is 35.0 Å². The molecule has 1 aromatic carbocycles. The van der Waals surface area contributed by atoms with Gasteiger partial charge in [0.25, 0.3) is 0 Å². The number of hydrogen-bond acceptors (Lipinski definition) is 3. The summed E-state index contributed by atoms with van der Waals surface area (Å²) < 4.78 is 46.0. The Bertz CT molecular complexity index is 565. The number of alkyl halides is 3. The third-order valence-corrected chi connectivity index (χ3v) is 3.82. The summed E-state index contributed by atoms with van der Waals surface area (Å²) in [5.41, 5.74) is -3.10. The number of hydrogen-bond donors (Lipinski definition) is 1. The van der Waals surface area contributed by atoms with Crippen LogP contribution in [0.1, 0.15) is 25.0 Å². The van der Waals surface area contributed by atoms with E-state index in [0.717, 1.165) is 0 Å². The molecule has 0 aliphatic heterocycles. The molecule has 6 heteroatoms. The number of methoxy groups -OCH3 is 1. The Morgan fingerprint density at radius 3 is 2.33 bits per heavy atom. The zero-order valence-corrected chi connectivity index (χ0v) is 12.2. The van der Waals surface area contributed by atoms with Crippen molar-refractivity contribution >= 4 is 6.08 Å². The number of nitrogens with zero attached hydrogens (tertiary/aromatic N) is 1. The highest BCUT2D eigenvalue weighted by atomic mass is 19.4. The minimum absolute atomic E-state index is 0.0331. The Hall–Kier alpha value is -1.69. The Kier molecular flexibility index (Phi) is 3.93. The molecule has 0 fully saturated rings. The molecule has 0 saturated carbocycles. The largest absolute Gasteiger partial charge is 0.496 e. The lowest BCUT2D eigenvalue weighted by Gasteiger charge is -2.36. The zero-order chi connectivity index (χ0) is 15.8. The van der Waals surface area contributed by atoms with Crippen LogP contribution in [0.5, 0.6) is 5.75 Å². The lowest BCUT2D eigenvalue weighted by Crippen LogP contribution is -2.47. The van der Waals surface area contributed by atoms with Gasteiger partial charge in [0.2, 0.25) is 5.60 Å². The van der Waals surface area contributed by atoms with Crippen LogP contribution in [-0.2, 0) is 5.60 Å². The van der Waals surface area contributed by atoms with E-state index in [1.165, 1.54) is 24.2 Å². The van der Waals surface area contributed by atoms with Crippen LogP contribution in [0.4, 0.5) is 13.2 Å². The summed E-state index contributed by atoms with van der Waals surface area (Å²) in [5.74, 6) is 0.0331. The summed E-state index contributed by atoms with van der Waals surface area (Å²) in [6, 6.07) is 4.58. The van der Waals surface area contributed by atoms with Crippen molar-refractivity contribution < 1.29 is 23.0 Å². The average molecular weight is 301 g/mol. The second-order valence-electron chi connectivity index (χ2n) is 4.83. The predicted molar refractivity (Wildman–Crippen MR) is 73.8 cm³/mol. The summed E-state index contributed by atoms with van der Waals surface area (Å²) in [6.45, 7) is 4.25. The molecule has 1 N–H and O–H groups in total. The SMILES string of the molecule is CCN(CC)C1=Cc2cccc(OC)c2C1(O)C(F)(F)F. The molecule has 1 aliphatic rings. The highest BCUT2D eigenvalue weighted by Gasteiger charge is 2.62.